The van der Waals surface area contributed by atoms with Gasteiger partial charge in [0, 0.05) is 19.5 Å². The monoisotopic (exact) mass is 631 g/mol. The Morgan fingerprint density at radius 2 is 1.49 bits per heavy atom. The van der Waals surface area contributed by atoms with Crippen molar-refractivity contribution in [3.63, 3.8) is 0 Å². The summed E-state index contributed by atoms with van der Waals surface area (Å²) in [5.74, 6) is -0.895. The Morgan fingerprint density at radius 3 is 2.09 bits per heavy atom. The average Bonchev–Trinajstić information content (AvgIpc) is 3.04. The summed E-state index contributed by atoms with van der Waals surface area (Å²) in [6.07, 6.45) is 0.190. The van der Waals surface area contributed by atoms with Gasteiger partial charge in [-0.15, -0.1) is 0 Å². The van der Waals surface area contributed by atoms with E-state index in [9.17, 15) is 22.4 Å². The van der Waals surface area contributed by atoms with Crippen LogP contribution in [0.4, 0.5) is 10.1 Å². The van der Waals surface area contributed by atoms with Gasteiger partial charge in [0.25, 0.3) is 10.0 Å². The van der Waals surface area contributed by atoms with Crippen LogP contribution in [-0.2, 0) is 32.6 Å². The number of anilines is 1. The first kappa shape index (κ1) is 33.2. The van der Waals surface area contributed by atoms with Crippen LogP contribution in [0.1, 0.15) is 30.5 Å². The van der Waals surface area contributed by atoms with Gasteiger partial charge in [0.2, 0.25) is 11.8 Å². The van der Waals surface area contributed by atoms with Crippen molar-refractivity contribution in [2.24, 2.45) is 0 Å². The highest BCUT2D eigenvalue weighted by molar-refractivity contribution is 7.92. The molecule has 45 heavy (non-hydrogen) atoms. The zero-order valence-corrected chi connectivity index (χ0v) is 26.5. The summed E-state index contributed by atoms with van der Waals surface area (Å²) in [4.78, 5) is 29.3. The Hall–Kier alpha value is -4.70. The molecule has 1 atom stereocenters. The number of ether oxygens (including phenoxy) is 1. The topological polar surface area (TPSA) is 96.0 Å². The summed E-state index contributed by atoms with van der Waals surface area (Å²) in [6.45, 7) is 5.64. The maximum Gasteiger partial charge on any atom is 0.264 e. The van der Waals surface area contributed by atoms with Crippen LogP contribution in [-0.4, -0.2) is 50.9 Å². The molecule has 4 rings (SSSR count). The predicted molar refractivity (Wildman–Crippen MR) is 173 cm³/mol. The van der Waals surface area contributed by atoms with E-state index < -0.39 is 34.3 Å². The lowest BCUT2D eigenvalue weighted by Gasteiger charge is -2.34. The van der Waals surface area contributed by atoms with Crippen molar-refractivity contribution < 1.29 is 27.1 Å². The SMILES string of the molecule is CCNC(=O)C(Cc1ccccc1)N(Cc1ccc(F)cc1)C(=O)CN(c1ccc(C)cc1)S(=O)(=O)c1ccc(OCC)cc1. The summed E-state index contributed by atoms with van der Waals surface area (Å²) in [5.41, 5.74) is 2.62. The largest absolute Gasteiger partial charge is 0.494 e. The third kappa shape index (κ3) is 8.69. The van der Waals surface area contributed by atoms with E-state index in [2.05, 4.69) is 5.32 Å². The smallest absolute Gasteiger partial charge is 0.264 e. The van der Waals surface area contributed by atoms with Crippen molar-refractivity contribution >= 4 is 27.5 Å². The van der Waals surface area contributed by atoms with E-state index in [4.69, 9.17) is 4.74 Å². The van der Waals surface area contributed by atoms with E-state index in [1.807, 2.05) is 44.2 Å². The van der Waals surface area contributed by atoms with E-state index in [0.29, 0.717) is 30.2 Å². The van der Waals surface area contributed by atoms with Gasteiger partial charge >= 0.3 is 0 Å². The highest BCUT2D eigenvalue weighted by Crippen LogP contribution is 2.27. The number of benzene rings is 4. The molecule has 0 heterocycles. The predicted octanol–water partition coefficient (Wildman–Crippen LogP) is 5.50. The normalized spacial score (nSPS) is 11.8. The van der Waals surface area contributed by atoms with Crippen LogP contribution < -0.4 is 14.4 Å². The fourth-order valence-corrected chi connectivity index (χ4v) is 6.29. The Kier molecular flexibility index (Phi) is 11.3. The molecule has 0 spiro atoms. The van der Waals surface area contributed by atoms with Crippen LogP contribution in [0.15, 0.2) is 108 Å². The first-order valence-electron chi connectivity index (χ1n) is 14.8. The summed E-state index contributed by atoms with van der Waals surface area (Å²) in [6, 6.07) is 26.8. The van der Waals surface area contributed by atoms with Crippen molar-refractivity contribution in [1.29, 1.82) is 0 Å². The number of hydrogen-bond acceptors (Lipinski definition) is 5. The number of likely N-dealkylation sites (N-methyl/N-ethyl adjacent to an activating group) is 1. The first-order chi connectivity index (χ1) is 21.6. The fraction of sp³-hybridized carbons (Fsp3) is 0.257. The standard InChI is InChI=1S/C35H38FN3O5S/c1-4-37-35(41)33(23-27-9-7-6-8-10-27)38(24-28-13-15-29(36)16-14-28)34(40)25-39(30-17-11-26(3)12-18-30)45(42,43)32-21-19-31(20-22-32)44-5-2/h6-22,33H,4-5,23-25H2,1-3H3,(H,37,41). The molecule has 4 aromatic carbocycles. The van der Waals surface area contributed by atoms with Gasteiger partial charge in [0.1, 0.15) is 24.2 Å². The number of nitrogens with zero attached hydrogens (tertiary/aromatic N) is 2. The third-order valence-corrected chi connectivity index (χ3v) is 9.00. The maximum atomic E-state index is 14.4. The van der Waals surface area contributed by atoms with E-state index in [1.165, 1.54) is 29.2 Å². The average molecular weight is 632 g/mol. The molecule has 0 aliphatic rings. The number of carbonyl (C=O) groups is 2. The van der Waals surface area contributed by atoms with Gasteiger partial charge in [-0.05, 0) is 80.4 Å². The molecule has 8 nitrogen and oxygen atoms in total. The minimum Gasteiger partial charge on any atom is -0.494 e. The van der Waals surface area contributed by atoms with Gasteiger partial charge in [-0.3, -0.25) is 13.9 Å². The van der Waals surface area contributed by atoms with Crippen LogP contribution in [0, 0.1) is 12.7 Å². The van der Waals surface area contributed by atoms with Crippen molar-refractivity contribution in [3.05, 3.63) is 126 Å². The molecule has 0 bridgehead atoms. The van der Waals surface area contributed by atoms with Crippen molar-refractivity contribution in [2.45, 2.75) is 44.7 Å². The summed E-state index contributed by atoms with van der Waals surface area (Å²) < 4.78 is 48.6. The van der Waals surface area contributed by atoms with Crippen molar-refractivity contribution in [2.75, 3.05) is 24.0 Å². The molecular formula is C35H38FN3O5S. The van der Waals surface area contributed by atoms with E-state index in [1.54, 1.807) is 55.5 Å². The zero-order chi connectivity index (χ0) is 32.4. The molecule has 0 saturated heterocycles. The first-order valence-corrected chi connectivity index (χ1v) is 16.2. The molecule has 0 aromatic heterocycles. The van der Waals surface area contributed by atoms with Gasteiger partial charge in [-0.1, -0.05) is 60.2 Å². The number of halogens is 1. The Bertz CT molecular complexity index is 1660. The van der Waals surface area contributed by atoms with Gasteiger partial charge in [0.15, 0.2) is 0 Å². The van der Waals surface area contributed by atoms with Crippen molar-refractivity contribution in [1.82, 2.24) is 10.2 Å². The summed E-state index contributed by atoms with van der Waals surface area (Å²) in [7, 11) is -4.24. The molecule has 0 saturated carbocycles. The minimum absolute atomic E-state index is 0.0195. The lowest BCUT2D eigenvalue weighted by Crippen LogP contribution is -2.53. The zero-order valence-electron chi connectivity index (χ0n) is 25.6. The Morgan fingerprint density at radius 1 is 0.844 bits per heavy atom. The number of rotatable bonds is 14. The summed E-state index contributed by atoms with van der Waals surface area (Å²) in [5, 5.41) is 2.82. The van der Waals surface area contributed by atoms with Gasteiger partial charge < -0.3 is 15.0 Å². The molecule has 0 radical (unpaired) electrons. The Labute approximate surface area is 264 Å². The van der Waals surface area contributed by atoms with Crippen LogP contribution in [0.5, 0.6) is 5.75 Å². The summed E-state index contributed by atoms with van der Waals surface area (Å²) >= 11 is 0. The maximum absolute atomic E-state index is 14.4. The van der Waals surface area contributed by atoms with Gasteiger partial charge in [-0.25, -0.2) is 12.8 Å². The molecule has 10 heteroatoms. The van der Waals surface area contributed by atoms with Crippen LogP contribution in [0.2, 0.25) is 0 Å². The number of sulfonamides is 1. The molecular weight excluding hydrogens is 593 g/mol. The van der Waals surface area contributed by atoms with E-state index in [0.717, 1.165) is 15.4 Å². The Balaban J connectivity index is 1.77. The van der Waals surface area contributed by atoms with Gasteiger partial charge in [0.05, 0.1) is 17.2 Å². The number of amides is 2. The number of hydrogen-bond donors (Lipinski definition) is 1. The van der Waals surface area contributed by atoms with E-state index >= 15 is 0 Å². The lowest BCUT2D eigenvalue weighted by atomic mass is 10.0. The molecule has 1 unspecified atom stereocenters. The highest BCUT2D eigenvalue weighted by atomic mass is 32.2. The van der Waals surface area contributed by atoms with Crippen LogP contribution in [0.3, 0.4) is 0 Å². The second-order valence-electron chi connectivity index (χ2n) is 10.5. The molecule has 4 aromatic rings. The highest BCUT2D eigenvalue weighted by Gasteiger charge is 2.34. The molecule has 0 aliphatic carbocycles. The second-order valence-corrected chi connectivity index (χ2v) is 12.4. The molecule has 0 fully saturated rings. The number of carbonyl (C=O) groups excluding carboxylic acids is 2. The molecule has 1 N–H and O–H groups in total. The molecule has 2 amide bonds. The van der Waals surface area contributed by atoms with E-state index in [-0.39, 0.29) is 23.8 Å². The fourth-order valence-electron chi connectivity index (χ4n) is 4.87. The molecule has 0 aliphatic heterocycles. The minimum atomic E-state index is -4.24. The second kappa shape index (κ2) is 15.3. The van der Waals surface area contributed by atoms with Crippen LogP contribution >= 0.6 is 0 Å². The quantitative estimate of drug-likeness (QED) is 0.198. The number of aryl methyl sites for hydroxylation is 1. The molecule has 236 valence electrons. The van der Waals surface area contributed by atoms with Crippen LogP contribution in [0.25, 0.3) is 0 Å². The van der Waals surface area contributed by atoms with Crippen molar-refractivity contribution in [3.8, 4) is 5.75 Å². The lowest BCUT2D eigenvalue weighted by molar-refractivity contribution is -0.140. The third-order valence-electron chi connectivity index (χ3n) is 7.21. The number of nitrogens with one attached hydrogen (secondary N) is 1. The van der Waals surface area contributed by atoms with Gasteiger partial charge in [-0.2, -0.15) is 0 Å².